The molecule has 0 bridgehead atoms. The first-order valence-corrected chi connectivity index (χ1v) is 7.00. The fourth-order valence-corrected chi connectivity index (χ4v) is 2.54. The summed E-state index contributed by atoms with van der Waals surface area (Å²) in [6.45, 7) is 4.74. The molecule has 0 spiro atoms. The van der Waals surface area contributed by atoms with Gasteiger partial charge in [-0.1, -0.05) is 30.7 Å². The van der Waals surface area contributed by atoms with E-state index < -0.39 is 6.10 Å². The molecule has 2 rings (SSSR count). The van der Waals surface area contributed by atoms with E-state index in [1.165, 1.54) is 0 Å². The minimum Gasteiger partial charge on any atom is -0.493 e. The largest absolute Gasteiger partial charge is 0.493 e. The third-order valence-corrected chi connectivity index (χ3v) is 3.54. The predicted octanol–water partition coefficient (Wildman–Crippen LogP) is 3.35. The molecule has 1 N–H and O–H groups in total. The molecule has 0 aliphatic heterocycles. The van der Waals surface area contributed by atoms with Gasteiger partial charge in [0.15, 0.2) is 5.75 Å². The normalized spacial score (nSPS) is 12.4. The lowest BCUT2D eigenvalue weighted by Crippen LogP contribution is -2.11. The van der Waals surface area contributed by atoms with Crippen LogP contribution in [0.5, 0.6) is 5.75 Å². The van der Waals surface area contributed by atoms with Gasteiger partial charge in [-0.3, -0.25) is 4.68 Å². The van der Waals surface area contributed by atoms with Gasteiger partial charge in [-0.15, -0.1) is 0 Å². The van der Waals surface area contributed by atoms with Crippen LogP contribution in [0.3, 0.4) is 0 Å². The third-order valence-electron chi connectivity index (χ3n) is 3.21. The van der Waals surface area contributed by atoms with Gasteiger partial charge in [0.25, 0.3) is 0 Å². The SMILES string of the molecule is CCCn1ncc(OC)c1C(O)c1ccc(C)cc1Cl. The maximum Gasteiger partial charge on any atom is 0.163 e. The Morgan fingerprint density at radius 3 is 2.80 bits per heavy atom. The van der Waals surface area contributed by atoms with Crippen LogP contribution in [0.4, 0.5) is 0 Å². The molecule has 0 saturated heterocycles. The smallest absolute Gasteiger partial charge is 0.163 e. The van der Waals surface area contributed by atoms with Gasteiger partial charge in [0.1, 0.15) is 11.8 Å². The van der Waals surface area contributed by atoms with Gasteiger partial charge in [0.2, 0.25) is 0 Å². The van der Waals surface area contributed by atoms with Crippen LogP contribution >= 0.6 is 11.6 Å². The Morgan fingerprint density at radius 2 is 2.20 bits per heavy atom. The minimum atomic E-state index is -0.855. The number of aromatic nitrogens is 2. The fraction of sp³-hybridized carbons (Fsp3) is 0.400. The number of nitrogens with zero attached hydrogens (tertiary/aromatic N) is 2. The molecule has 0 aliphatic rings. The number of ether oxygens (including phenoxy) is 1. The van der Waals surface area contributed by atoms with E-state index in [1.54, 1.807) is 18.0 Å². The Balaban J connectivity index is 2.46. The molecule has 1 unspecified atom stereocenters. The van der Waals surface area contributed by atoms with Crippen LogP contribution in [0.25, 0.3) is 0 Å². The maximum absolute atomic E-state index is 10.6. The molecule has 0 aliphatic carbocycles. The summed E-state index contributed by atoms with van der Waals surface area (Å²) in [5.41, 5.74) is 2.36. The second-order valence-corrected chi connectivity index (χ2v) is 5.16. The zero-order chi connectivity index (χ0) is 14.7. The highest BCUT2D eigenvalue weighted by Crippen LogP contribution is 2.33. The summed E-state index contributed by atoms with van der Waals surface area (Å²) < 4.78 is 7.06. The first-order valence-electron chi connectivity index (χ1n) is 6.62. The van der Waals surface area contributed by atoms with E-state index in [0.717, 1.165) is 18.5 Å². The Labute approximate surface area is 123 Å². The maximum atomic E-state index is 10.6. The molecule has 0 radical (unpaired) electrons. The molecule has 1 aromatic carbocycles. The van der Waals surface area contributed by atoms with E-state index in [-0.39, 0.29) is 0 Å². The van der Waals surface area contributed by atoms with Crippen molar-refractivity contribution < 1.29 is 9.84 Å². The third kappa shape index (κ3) is 2.81. The van der Waals surface area contributed by atoms with Crippen LogP contribution in [-0.4, -0.2) is 22.0 Å². The molecule has 2 aromatic rings. The molecule has 0 fully saturated rings. The quantitative estimate of drug-likeness (QED) is 0.920. The van der Waals surface area contributed by atoms with Crippen LogP contribution in [0.1, 0.15) is 36.3 Å². The van der Waals surface area contributed by atoms with E-state index >= 15 is 0 Å². The van der Waals surface area contributed by atoms with E-state index in [0.29, 0.717) is 22.0 Å². The van der Waals surface area contributed by atoms with Crippen molar-refractivity contribution in [2.45, 2.75) is 32.9 Å². The highest BCUT2D eigenvalue weighted by Gasteiger charge is 2.23. The van der Waals surface area contributed by atoms with Crippen molar-refractivity contribution in [2.75, 3.05) is 7.11 Å². The Hall–Kier alpha value is -1.52. The van der Waals surface area contributed by atoms with Gasteiger partial charge in [-0.25, -0.2) is 0 Å². The number of aryl methyl sites for hydroxylation is 2. The van der Waals surface area contributed by atoms with Gasteiger partial charge in [-0.05, 0) is 25.0 Å². The van der Waals surface area contributed by atoms with Crippen LogP contribution in [-0.2, 0) is 6.54 Å². The van der Waals surface area contributed by atoms with Crippen molar-refractivity contribution in [2.24, 2.45) is 0 Å². The number of hydrogen-bond acceptors (Lipinski definition) is 3. The average molecular weight is 295 g/mol. The second kappa shape index (κ2) is 6.29. The van der Waals surface area contributed by atoms with Crippen molar-refractivity contribution in [1.29, 1.82) is 0 Å². The van der Waals surface area contributed by atoms with Crippen LogP contribution < -0.4 is 4.74 Å². The minimum absolute atomic E-state index is 0.545. The number of aliphatic hydroxyl groups excluding tert-OH is 1. The second-order valence-electron chi connectivity index (χ2n) is 4.75. The molecule has 0 saturated carbocycles. The lowest BCUT2D eigenvalue weighted by atomic mass is 10.0. The predicted molar refractivity (Wildman–Crippen MR) is 79.3 cm³/mol. The number of benzene rings is 1. The zero-order valence-electron chi connectivity index (χ0n) is 11.9. The molecular formula is C15H19ClN2O2. The topological polar surface area (TPSA) is 47.3 Å². The van der Waals surface area contributed by atoms with Gasteiger partial charge in [0, 0.05) is 17.1 Å². The summed E-state index contributed by atoms with van der Waals surface area (Å²) in [5.74, 6) is 0.572. The molecule has 0 amide bonds. The van der Waals surface area contributed by atoms with Crippen molar-refractivity contribution >= 4 is 11.6 Å². The van der Waals surface area contributed by atoms with Crippen molar-refractivity contribution in [3.63, 3.8) is 0 Å². The van der Waals surface area contributed by atoms with Crippen LogP contribution in [0.15, 0.2) is 24.4 Å². The molecule has 4 nitrogen and oxygen atoms in total. The lowest BCUT2D eigenvalue weighted by Gasteiger charge is -2.16. The zero-order valence-corrected chi connectivity index (χ0v) is 12.7. The Morgan fingerprint density at radius 1 is 1.45 bits per heavy atom. The number of hydrogen-bond donors (Lipinski definition) is 1. The number of aliphatic hydroxyl groups is 1. The van der Waals surface area contributed by atoms with E-state index in [1.807, 2.05) is 25.1 Å². The molecule has 1 atom stereocenters. The van der Waals surface area contributed by atoms with Gasteiger partial charge in [-0.2, -0.15) is 5.10 Å². The molecular weight excluding hydrogens is 276 g/mol. The fourth-order valence-electron chi connectivity index (χ4n) is 2.20. The van der Waals surface area contributed by atoms with E-state index in [2.05, 4.69) is 12.0 Å². The highest BCUT2D eigenvalue weighted by atomic mass is 35.5. The monoisotopic (exact) mass is 294 g/mol. The van der Waals surface area contributed by atoms with Crippen molar-refractivity contribution in [3.8, 4) is 5.75 Å². The molecule has 1 aromatic heterocycles. The molecule has 108 valence electrons. The number of halogens is 1. The Kier molecular flexibility index (Phi) is 4.68. The average Bonchev–Trinajstić information content (AvgIpc) is 2.81. The van der Waals surface area contributed by atoms with E-state index in [4.69, 9.17) is 16.3 Å². The molecule has 5 heteroatoms. The van der Waals surface area contributed by atoms with Crippen LogP contribution in [0, 0.1) is 6.92 Å². The highest BCUT2D eigenvalue weighted by molar-refractivity contribution is 6.31. The van der Waals surface area contributed by atoms with Crippen molar-refractivity contribution in [1.82, 2.24) is 9.78 Å². The van der Waals surface area contributed by atoms with Gasteiger partial charge >= 0.3 is 0 Å². The van der Waals surface area contributed by atoms with E-state index in [9.17, 15) is 5.11 Å². The summed E-state index contributed by atoms with van der Waals surface area (Å²) in [4.78, 5) is 0. The summed E-state index contributed by atoms with van der Waals surface area (Å²) in [5, 5.41) is 15.5. The standard InChI is InChI=1S/C15H19ClN2O2/c1-4-7-18-14(13(20-3)9-17-18)15(19)11-6-5-10(2)8-12(11)16/h5-6,8-9,15,19H,4,7H2,1-3H3. The number of methoxy groups -OCH3 is 1. The molecule has 20 heavy (non-hydrogen) atoms. The number of rotatable bonds is 5. The Bertz CT molecular complexity index is 596. The molecule has 1 heterocycles. The summed E-state index contributed by atoms with van der Waals surface area (Å²) in [7, 11) is 1.57. The van der Waals surface area contributed by atoms with Gasteiger partial charge in [0.05, 0.1) is 13.3 Å². The first kappa shape index (κ1) is 14.9. The van der Waals surface area contributed by atoms with Crippen molar-refractivity contribution in [3.05, 3.63) is 46.2 Å². The summed E-state index contributed by atoms with van der Waals surface area (Å²) in [6, 6.07) is 5.61. The first-order chi connectivity index (χ1) is 9.58. The lowest BCUT2D eigenvalue weighted by molar-refractivity contribution is 0.202. The summed E-state index contributed by atoms with van der Waals surface area (Å²) >= 11 is 6.24. The van der Waals surface area contributed by atoms with Gasteiger partial charge < -0.3 is 9.84 Å². The summed E-state index contributed by atoms with van der Waals surface area (Å²) in [6.07, 6.45) is 1.69. The van der Waals surface area contributed by atoms with Crippen LogP contribution in [0.2, 0.25) is 5.02 Å².